The number of nitrogens with one attached hydrogen (secondary N) is 1. The van der Waals surface area contributed by atoms with E-state index >= 15 is 0 Å². The number of ether oxygens (including phenoxy) is 1. The lowest BCUT2D eigenvalue weighted by molar-refractivity contribution is -0.153. The van der Waals surface area contributed by atoms with Gasteiger partial charge in [-0.15, -0.1) is 0 Å². The van der Waals surface area contributed by atoms with Crippen molar-refractivity contribution in [3.8, 4) is 0 Å². The first kappa shape index (κ1) is 10.4. The quantitative estimate of drug-likeness (QED) is 0.684. The molecule has 4 nitrogen and oxygen atoms in total. The lowest BCUT2D eigenvalue weighted by Crippen LogP contribution is -2.49. The van der Waals surface area contributed by atoms with Crippen molar-refractivity contribution in [2.24, 2.45) is 0 Å². The van der Waals surface area contributed by atoms with E-state index in [-0.39, 0.29) is 17.3 Å². The maximum Gasteiger partial charge on any atom is 0.332 e. The number of thioether (sulfide) groups is 1. The molecule has 0 unspecified atom stereocenters. The van der Waals surface area contributed by atoms with Crippen LogP contribution in [-0.2, 0) is 9.53 Å². The predicted octanol–water partition coefficient (Wildman–Crippen LogP) is 1.15. The zero-order valence-electron chi connectivity index (χ0n) is 7.92. The first-order valence-electron chi connectivity index (χ1n) is 4.10. The highest BCUT2D eigenvalue weighted by molar-refractivity contribution is 8.14. The third kappa shape index (κ3) is 2.37. The average molecular weight is 203 g/mol. The number of rotatable bonds is 2. The van der Waals surface area contributed by atoms with Gasteiger partial charge in [-0.2, -0.15) is 0 Å². The molecule has 0 aromatic rings. The van der Waals surface area contributed by atoms with Crippen molar-refractivity contribution in [1.82, 2.24) is 5.32 Å². The van der Waals surface area contributed by atoms with Crippen molar-refractivity contribution < 1.29 is 14.3 Å². The molecule has 0 radical (unpaired) electrons. The van der Waals surface area contributed by atoms with Crippen LogP contribution < -0.4 is 5.32 Å². The van der Waals surface area contributed by atoms with Crippen LogP contribution in [0.2, 0.25) is 0 Å². The van der Waals surface area contributed by atoms with Crippen LogP contribution in [-0.4, -0.2) is 28.6 Å². The van der Waals surface area contributed by atoms with Crippen molar-refractivity contribution in [3.63, 3.8) is 0 Å². The molecule has 5 heteroatoms. The van der Waals surface area contributed by atoms with Crippen molar-refractivity contribution in [1.29, 1.82) is 0 Å². The Morgan fingerprint density at radius 1 is 1.69 bits per heavy atom. The number of hydrogen-bond donors (Lipinski definition) is 1. The summed E-state index contributed by atoms with van der Waals surface area (Å²) < 4.78 is 5.02. The van der Waals surface area contributed by atoms with E-state index in [4.69, 9.17) is 4.74 Å². The van der Waals surface area contributed by atoms with Gasteiger partial charge in [0.2, 0.25) is 0 Å². The molecule has 1 heterocycles. The summed E-state index contributed by atoms with van der Waals surface area (Å²) in [5, 5.41) is 2.42. The van der Waals surface area contributed by atoms with Gasteiger partial charge in [-0.05, 0) is 20.8 Å². The van der Waals surface area contributed by atoms with E-state index < -0.39 is 5.54 Å². The first-order valence-corrected chi connectivity index (χ1v) is 5.08. The third-order valence-electron chi connectivity index (χ3n) is 1.66. The summed E-state index contributed by atoms with van der Waals surface area (Å²) in [6.45, 7) is 5.24. The third-order valence-corrected chi connectivity index (χ3v) is 2.75. The van der Waals surface area contributed by atoms with Gasteiger partial charge < -0.3 is 10.1 Å². The Kier molecular flexibility index (Phi) is 2.85. The highest BCUT2D eigenvalue weighted by Gasteiger charge is 2.42. The standard InChI is InChI=1S/C8H13NO3S/c1-5(2)12-6(10)8(3)4-13-7(11)9-8/h5H,4H2,1-3H3,(H,9,11)/t8-/m1/s1. The van der Waals surface area contributed by atoms with Crippen LogP contribution in [0.5, 0.6) is 0 Å². The van der Waals surface area contributed by atoms with Crippen LogP contribution in [0.4, 0.5) is 4.79 Å². The zero-order chi connectivity index (χ0) is 10.1. The second kappa shape index (κ2) is 3.57. The van der Waals surface area contributed by atoms with E-state index in [1.54, 1.807) is 20.8 Å². The van der Waals surface area contributed by atoms with Gasteiger partial charge in [-0.25, -0.2) is 4.79 Å². The fourth-order valence-electron chi connectivity index (χ4n) is 0.961. The van der Waals surface area contributed by atoms with Crippen molar-refractivity contribution in [3.05, 3.63) is 0 Å². The number of hydrogen-bond acceptors (Lipinski definition) is 4. The largest absolute Gasteiger partial charge is 0.461 e. The molecule has 1 saturated heterocycles. The fourth-order valence-corrected chi connectivity index (χ4v) is 1.87. The van der Waals surface area contributed by atoms with E-state index in [1.807, 2.05) is 0 Å². The Hall–Kier alpha value is -0.710. The molecular weight excluding hydrogens is 190 g/mol. The van der Waals surface area contributed by atoms with Gasteiger partial charge in [0, 0.05) is 5.75 Å². The molecule has 1 atom stereocenters. The normalized spacial score (nSPS) is 27.5. The monoisotopic (exact) mass is 203 g/mol. The first-order chi connectivity index (χ1) is 5.94. The number of amides is 1. The van der Waals surface area contributed by atoms with Crippen LogP contribution in [0, 0.1) is 0 Å². The Labute approximate surface area is 81.4 Å². The summed E-state index contributed by atoms with van der Waals surface area (Å²) in [5.74, 6) is 0.0815. The smallest absolute Gasteiger partial charge is 0.332 e. The van der Waals surface area contributed by atoms with Gasteiger partial charge >= 0.3 is 5.97 Å². The van der Waals surface area contributed by atoms with Gasteiger partial charge in [0.05, 0.1) is 6.10 Å². The van der Waals surface area contributed by atoms with Crippen molar-refractivity contribution >= 4 is 23.0 Å². The van der Waals surface area contributed by atoms with Crippen LogP contribution in [0.3, 0.4) is 0 Å². The second-order valence-corrected chi connectivity index (χ2v) is 4.44. The Morgan fingerprint density at radius 3 is 2.69 bits per heavy atom. The van der Waals surface area contributed by atoms with E-state index in [9.17, 15) is 9.59 Å². The van der Waals surface area contributed by atoms with Crippen LogP contribution in [0.25, 0.3) is 0 Å². The van der Waals surface area contributed by atoms with Crippen LogP contribution >= 0.6 is 11.8 Å². The molecule has 0 aliphatic carbocycles. The Balaban J connectivity index is 2.60. The molecule has 1 N–H and O–H groups in total. The lowest BCUT2D eigenvalue weighted by Gasteiger charge is -2.22. The van der Waals surface area contributed by atoms with E-state index in [0.717, 1.165) is 11.8 Å². The predicted molar refractivity (Wildman–Crippen MR) is 50.6 cm³/mol. The Morgan fingerprint density at radius 2 is 2.31 bits per heavy atom. The van der Waals surface area contributed by atoms with Crippen molar-refractivity contribution in [2.75, 3.05) is 5.75 Å². The van der Waals surface area contributed by atoms with Gasteiger partial charge in [-0.1, -0.05) is 11.8 Å². The van der Waals surface area contributed by atoms with Gasteiger partial charge in [0.1, 0.15) is 5.54 Å². The molecule has 0 spiro atoms. The van der Waals surface area contributed by atoms with Crippen LogP contribution in [0.15, 0.2) is 0 Å². The highest BCUT2D eigenvalue weighted by Crippen LogP contribution is 2.24. The average Bonchev–Trinajstić information content (AvgIpc) is 2.31. The van der Waals surface area contributed by atoms with Crippen molar-refractivity contribution in [2.45, 2.75) is 32.4 Å². The topological polar surface area (TPSA) is 55.4 Å². The number of carbonyl (C=O) groups is 2. The summed E-state index contributed by atoms with van der Waals surface area (Å²) in [5.41, 5.74) is -0.841. The SMILES string of the molecule is CC(C)OC(=O)[C@@]1(C)CSC(=O)N1. The summed E-state index contributed by atoms with van der Waals surface area (Å²) in [7, 11) is 0. The van der Waals surface area contributed by atoms with Gasteiger partial charge in [-0.3, -0.25) is 4.79 Å². The van der Waals surface area contributed by atoms with Crippen LogP contribution in [0.1, 0.15) is 20.8 Å². The summed E-state index contributed by atoms with van der Waals surface area (Å²) in [6.07, 6.45) is -0.146. The molecule has 1 rings (SSSR count). The summed E-state index contributed by atoms with van der Waals surface area (Å²) in [6, 6.07) is 0. The Bertz CT molecular complexity index is 242. The molecule has 0 aromatic heterocycles. The zero-order valence-corrected chi connectivity index (χ0v) is 8.73. The molecule has 0 aromatic carbocycles. The summed E-state index contributed by atoms with van der Waals surface area (Å²) in [4.78, 5) is 22.4. The molecular formula is C8H13NO3S. The van der Waals surface area contributed by atoms with E-state index in [0.29, 0.717) is 5.75 Å². The number of esters is 1. The molecule has 0 bridgehead atoms. The molecule has 74 valence electrons. The van der Waals surface area contributed by atoms with E-state index in [1.165, 1.54) is 0 Å². The molecule has 0 saturated carbocycles. The minimum atomic E-state index is -0.841. The minimum Gasteiger partial charge on any atom is -0.461 e. The maximum absolute atomic E-state index is 11.5. The fraction of sp³-hybridized carbons (Fsp3) is 0.750. The molecule has 13 heavy (non-hydrogen) atoms. The minimum absolute atomic E-state index is 0.146. The molecule has 1 fully saturated rings. The maximum atomic E-state index is 11.5. The highest BCUT2D eigenvalue weighted by atomic mass is 32.2. The van der Waals surface area contributed by atoms with Gasteiger partial charge in [0.15, 0.2) is 0 Å². The summed E-state index contributed by atoms with van der Waals surface area (Å²) >= 11 is 1.11. The van der Waals surface area contributed by atoms with Gasteiger partial charge in [0.25, 0.3) is 5.24 Å². The molecule has 1 aliphatic rings. The number of carbonyl (C=O) groups excluding carboxylic acids is 2. The van der Waals surface area contributed by atoms with E-state index in [2.05, 4.69) is 5.32 Å². The lowest BCUT2D eigenvalue weighted by atomic mass is 10.1. The second-order valence-electron chi connectivity index (χ2n) is 3.49. The molecule has 1 amide bonds. The molecule has 1 aliphatic heterocycles.